The zero-order valence-electron chi connectivity index (χ0n) is 11.9. The fraction of sp³-hybridized carbons (Fsp3) is 0.400. The fourth-order valence-corrected chi connectivity index (χ4v) is 3.26. The van der Waals surface area contributed by atoms with Crippen LogP contribution >= 0.6 is 23.4 Å². The Hall–Kier alpha value is -1.33. The van der Waals surface area contributed by atoms with Crippen LogP contribution in [0.4, 0.5) is 5.95 Å². The van der Waals surface area contributed by atoms with E-state index in [4.69, 9.17) is 11.6 Å². The zero-order valence-corrected chi connectivity index (χ0v) is 13.5. The maximum absolute atomic E-state index is 6.06. The number of aryl methyl sites for hydroxylation is 1. The molecule has 1 saturated heterocycles. The summed E-state index contributed by atoms with van der Waals surface area (Å²) in [6, 6.07) is 8.30. The number of aromatic nitrogens is 3. The van der Waals surface area contributed by atoms with E-state index < -0.39 is 0 Å². The predicted octanol–water partition coefficient (Wildman–Crippen LogP) is 3.97. The van der Waals surface area contributed by atoms with Gasteiger partial charge in [-0.15, -0.1) is 0 Å². The number of rotatable bonds is 3. The van der Waals surface area contributed by atoms with Crippen LogP contribution in [0.1, 0.15) is 24.8 Å². The highest BCUT2D eigenvalue weighted by Crippen LogP contribution is 2.27. The van der Waals surface area contributed by atoms with Crippen molar-refractivity contribution in [3.8, 4) is 0 Å². The van der Waals surface area contributed by atoms with Gasteiger partial charge in [-0.05, 0) is 61.7 Å². The van der Waals surface area contributed by atoms with Crippen LogP contribution in [0.25, 0.3) is 0 Å². The molecule has 110 valence electrons. The average Bonchev–Trinajstić information content (AvgIpc) is 2.50. The van der Waals surface area contributed by atoms with E-state index in [1.165, 1.54) is 36.6 Å². The normalized spacial score (nSPS) is 15.2. The molecule has 2 heterocycles. The predicted molar refractivity (Wildman–Crippen MR) is 86.2 cm³/mol. The minimum atomic E-state index is 0.264. The Balaban J connectivity index is 1.81. The summed E-state index contributed by atoms with van der Waals surface area (Å²) < 4.78 is 0. The summed E-state index contributed by atoms with van der Waals surface area (Å²) >= 11 is 7.57. The van der Waals surface area contributed by atoms with Crippen LogP contribution < -0.4 is 4.90 Å². The molecule has 2 aromatic rings. The van der Waals surface area contributed by atoms with Crippen LogP contribution in [0.5, 0.6) is 0 Å². The van der Waals surface area contributed by atoms with Gasteiger partial charge in [0.15, 0.2) is 5.16 Å². The lowest BCUT2D eigenvalue weighted by atomic mass is 10.1. The molecular weight excluding hydrogens is 304 g/mol. The number of nitrogens with zero attached hydrogens (tertiary/aromatic N) is 4. The van der Waals surface area contributed by atoms with E-state index in [-0.39, 0.29) is 5.28 Å². The monoisotopic (exact) mass is 320 g/mol. The molecule has 1 aliphatic rings. The summed E-state index contributed by atoms with van der Waals surface area (Å²) in [6.45, 7) is 4.06. The fourth-order valence-electron chi connectivity index (χ4n) is 2.31. The Morgan fingerprint density at radius 2 is 1.71 bits per heavy atom. The van der Waals surface area contributed by atoms with E-state index in [1.807, 2.05) is 0 Å². The van der Waals surface area contributed by atoms with Gasteiger partial charge in [0, 0.05) is 18.0 Å². The highest BCUT2D eigenvalue weighted by Gasteiger charge is 2.16. The van der Waals surface area contributed by atoms with Gasteiger partial charge in [-0.1, -0.05) is 17.7 Å². The Bertz CT molecular complexity index is 612. The summed E-state index contributed by atoms with van der Waals surface area (Å²) in [4.78, 5) is 16.3. The molecule has 1 aromatic carbocycles. The van der Waals surface area contributed by atoms with Gasteiger partial charge in [-0.25, -0.2) is 0 Å². The molecule has 0 spiro atoms. The van der Waals surface area contributed by atoms with E-state index >= 15 is 0 Å². The lowest BCUT2D eigenvalue weighted by Gasteiger charge is -2.26. The standard InChI is InChI=1S/C15H17ClN4S/c1-11-5-7-12(8-6-11)21-15-18-13(16)17-14(19-15)20-9-3-2-4-10-20/h5-8H,2-4,9-10H2,1H3. The average molecular weight is 321 g/mol. The van der Waals surface area contributed by atoms with Gasteiger partial charge >= 0.3 is 0 Å². The van der Waals surface area contributed by atoms with Gasteiger partial charge < -0.3 is 4.90 Å². The third kappa shape index (κ3) is 3.86. The molecule has 0 amide bonds. The smallest absolute Gasteiger partial charge is 0.230 e. The largest absolute Gasteiger partial charge is 0.341 e. The van der Waals surface area contributed by atoms with Gasteiger partial charge in [-0.3, -0.25) is 0 Å². The van der Waals surface area contributed by atoms with Crippen LogP contribution in [-0.2, 0) is 0 Å². The van der Waals surface area contributed by atoms with E-state index in [2.05, 4.69) is 51.0 Å². The Morgan fingerprint density at radius 1 is 1.00 bits per heavy atom. The first-order valence-corrected chi connectivity index (χ1v) is 8.31. The molecule has 0 saturated carbocycles. The second-order valence-corrected chi connectivity index (χ2v) is 6.53. The third-order valence-electron chi connectivity index (χ3n) is 3.44. The first kappa shape index (κ1) is 14.6. The van der Waals surface area contributed by atoms with Gasteiger partial charge in [-0.2, -0.15) is 15.0 Å². The van der Waals surface area contributed by atoms with Crippen LogP contribution in [0.2, 0.25) is 5.28 Å². The Labute approximate surface area is 134 Å². The van der Waals surface area contributed by atoms with Crippen molar-refractivity contribution in [2.24, 2.45) is 0 Å². The highest BCUT2D eigenvalue weighted by atomic mass is 35.5. The summed E-state index contributed by atoms with van der Waals surface area (Å²) in [7, 11) is 0. The number of piperidine rings is 1. The van der Waals surface area contributed by atoms with E-state index in [0.29, 0.717) is 11.1 Å². The van der Waals surface area contributed by atoms with Crippen molar-refractivity contribution in [2.75, 3.05) is 18.0 Å². The lowest BCUT2D eigenvalue weighted by Crippen LogP contribution is -2.31. The van der Waals surface area contributed by atoms with Crippen LogP contribution in [0, 0.1) is 6.92 Å². The molecule has 3 rings (SSSR count). The van der Waals surface area contributed by atoms with Gasteiger partial charge in [0.05, 0.1) is 0 Å². The third-order valence-corrected chi connectivity index (χ3v) is 4.49. The molecule has 21 heavy (non-hydrogen) atoms. The van der Waals surface area contributed by atoms with Crippen LogP contribution in [0.15, 0.2) is 34.3 Å². The summed E-state index contributed by atoms with van der Waals surface area (Å²) in [5.41, 5.74) is 1.24. The van der Waals surface area contributed by atoms with E-state index in [9.17, 15) is 0 Å². The molecule has 6 heteroatoms. The summed E-state index contributed by atoms with van der Waals surface area (Å²) in [6.07, 6.45) is 3.65. The molecular formula is C15H17ClN4S. The maximum Gasteiger partial charge on any atom is 0.230 e. The van der Waals surface area contributed by atoms with Gasteiger partial charge in [0.25, 0.3) is 0 Å². The molecule has 0 atom stereocenters. The molecule has 0 bridgehead atoms. The quantitative estimate of drug-likeness (QED) is 0.855. The number of halogens is 1. The van der Waals surface area contributed by atoms with Crippen molar-refractivity contribution in [1.29, 1.82) is 0 Å². The SMILES string of the molecule is Cc1ccc(Sc2nc(Cl)nc(N3CCCCC3)n2)cc1. The summed E-state index contributed by atoms with van der Waals surface area (Å²) in [5.74, 6) is 0.698. The first-order chi connectivity index (χ1) is 10.2. The van der Waals surface area contributed by atoms with Crippen molar-refractivity contribution in [1.82, 2.24) is 15.0 Å². The van der Waals surface area contributed by atoms with E-state index in [0.717, 1.165) is 18.0 Å². The molecule has 0 unspecified atom stereocenters. The number of hydrogen-bond donors (Lipinski definition) is 0. The topological polar surface area (TPSA) is 41.9 Å². The van der Waals surface area contributed by atoms with Gasteiger partial charge in [0.2, 0.25) is 11.2 Å². The number of benzene rings is 1. The van der Waals surface area contributed by atoms with Crippen molar-refractivity contribution in [3.05, 3.63) is 35.1 Å². The maximum atomic E-state index is 6.06. The van der Waals surface area contributed by atoms with Crippen LogP contribution in [0.3, 0.4) is 0 Å². The van der Waals surface area contributed by atoms with Crippen molar-refractivity contribution >= 4 is 29.3 Å². The lowest BCUT2D eigenvalue weighted by molar-refractivity contribution is 0.564. The van der Waals surface area contributed by atoms with Crippen molar-refractivity contribution in [2.45, 2.75) is 36.2 Å². The second-order valence-electron chi connectivity index (χ2n) is 5.15. The second kappa shape index (κ2) is 6.62. The Morgan fingerprint density at radius 3 is 2.43 bits per heavy atom. The highest BCUT2D eigenvalue weighted by molar-refractivity contribution is 7.99. The summed E-state index contributed by atoms with van der Waals surface area (Å²) in [5, 5.41) is 0.916. The molecule has 1 fully saturated rings. The molecule has 4 nitrogen and oxygen atoms in total. The number of hydrogen-bond acceptors (Lipinski definition) is 5. The molecule has 1 aromatic heterocycles. The zero-order chi connectivity index (χ0) is 14.7. The van der Waals surface area contributed by atoms with Crippen molar-refractivity contribution in [3.63, 3.8) is 0 Å². The molecule has 1 aliphatic heterocycles. The number of anilines is 1. The molecule has 0 aliphatic carbocycles. The van der Waals surface area contributed by atoms with Crippen molar-refractivity contribution < 1.29 is 0 Å². The minimum Gasteiger partial charge on any atom is -0.341 e. The minimum absolute atomic E-state index is 0.264. The first-order valence-electron chi connectivity index (χ1n) is 7.12. The molecule has 0 N–H and O–H groups in total. The molecule has 0 radical (unpaired) electrons. The van der Waals surface area contributed by atoms with Gasteiger partial charge in [0.1, 0.15) is 0 Å². The van der Waals surface area contributed by atoms with Crippen LogP contribution in [-0.4, -0.2) is 28.0 Å². The Kier molecular flexibility index (Phi) is 4.60. The van der Waals surface area contributed by atoms with E-state index in [1.54, 1.807) is 0 Å².